The number of carbonyl (C=O) groups is 1. The number of rotatable bonds is 7. The van der Waals surface area contributed by atoms with Crippen LogP contribution in [0.15, 0.2) is 71.6 Å². The molecule has 0 aliphatic carbocycles. The van der Waals surface area contributed by atoms with Gasteiger partial charge in [0.05, 0.1) is 26.2 Å². The summed E-state index contributed by atoms with van der Waals surface area (Å²) in [6.07, 6.45) is -4.52. The fourth-order valence-corrected chi connectivity index (χ4v) is 4.74. The third-order valence-corrected chi connectivity index (χ3v) is 7.36. The summed E-state index contributed by atoms with van der Waals surface area (Å²) in [5.74, 6) is -0.723. The molecule has 0 spiro atoms. The third-order valence-electron chi connectivity index (χ3n) is 4.83. The molecule has 0 aromatic heterocycles. The van der Waals surface area contributed by atoms with Crippen molar-refractivity contribution in [3.63, 3.8) is 0 Å². The molecule has 34 heavy (non-hydrogen) atoms. The number of amides is 1. The van der Waals surface area contributed by atoms with E-state index in [1.54, 1.807) is 19.1 Å². The van der Waals surface area contributed by atoms with Gasteiger partial charge in [0.25, 0.3) is 10.0 Å². The first-order valence-electron chi connectivity index (χ1n) is 9.85. The van der Waals surface area contributed by atoms with Crippen LogP contribution < -0.4 is 9.62 Å². The number of sulfonamides is 1. The van der Waals surface area contributed by atoms with E-state index in [1.807, 2.05) is 0 Å². The molecule has 0 fully saturated rings. The molecule has 1 N–H and O–H groups in total. The van der Waals surface area contributed by atoms with Crippen molar-refractivity contribution < 1.29 is 26.4 Å². The highest BCUT2D eigenvalue weighted by molar-refractivity contribution is 7.92. The van der Waals surface area contributed by atoms with Crippen molar-refractivity contribution in [2.45, 2.75) is 24.5 Å². The summed E-state index contributed by atoms with van der Waals surface area (Å²) in [5.41, 5.74) is 0.312. The summed E-state index contributed by atoms with van der Waals surface area (Å²) in [5, 5.41) is 2.76. The zero-order valence-electron chi connectivity index (χ0n) is 17.7. The van der Waals surface area contributed by atoms with E-state index in [9.17, 15) is 26.4 Å². The molecular formula is C23H19Cl2F3N2O3S. The largest absolute Gasteiger partial charge is 0.416 e. The van der Waals surface area contributed by atoms with Crippen molar-refractivity contribution in [1.29, 1.82) is 0 Å². The molecule has 0 saturated carbocycles. The van der Waals surface area contributed by atoms with Crippen LogP contribution in [0.1, 0.15) is 16.7 Å². The number of benzene rings is 3. The monoisotopic (exact) mass is 530 g/mol. The topological polar surface area (TPSA) is 66.5 Å². The molecule has 3 aromatic carbocycles. The Kier molecular flexibility index (Phi) is 7.80. The average molecular weight is 531 g/mol. The molecule has 0 atom stereocenters. The fraction of sp³-hybridized carbons (Fsp3) is 0.174. The zero-order chi connectivity index (χ0) is 25.1. The third kappa shape index (κ3) is 6.22. The number of hydrogen-bond donors (Lipinski definition) is 1. The molecule has 1 amide bonds. The van der Waals surface area contributed by atoms with Gasteiger partial charge in [-0.3, -0.25) is 9.10 Å². The second-order valence-corrected chi connectivity index (χ2v) is 10.1. The van der Waals surface area contributed by atoms with Crippen molar-refractivity contribution >= 4 is 44.8 Å². The minimum absolute atomic E-state index is 0.0464. The number of alkyl halides is 3. The van der Waals surface area contributed by atoms with Crippen LogP contribution in [0, 0.1) is 6.92 Å². The molecule has 5 nitrogen and oxygen atoms in total. The van der Waals surface area contributed by atoms with E-state index in [0.717, 1.165) is 22.0 Å². The first-order chi connectivity index (χ1) is 15.9. The fourth-order valence-electron chi connectivity index (χ4n) is 3.04. The van der Waals surface area contributed by atoms with Crippen LogP contribution in [0.2, 0.25) is 10.0 Å². The second-order valence-electron chi connectivity index (χ2n) is 7.40. The summed E-state index contributed by atoms with van der Waals surface area (Å²) in [7, 11) is -4.18. The van der Waals surface area contributed by atoms with Crippen molar-refractivity contribution in [2.75, 3.05) is 10.8 Å². The van der Waals surface area contributed by atoms with E-state index >= 15 is 0 Å². The van der Waals surface area contributed by atoms with Crippen LogP contribution in [-0.2, 0) is 27.5 Å². The smallest absolute Gasteiger partial charge is 0.350 e. The number of halogens is 5. The second kappa shape index (κ2) is 10.2. The maximum Gasteiger partial charge on any atom is 0.416 e. The van der Waals surface area contributed by atoms with E-state index in [1.165, 1.54) is 42.5 Å². The lowest BCUT2D eigenvalue weighted by molar-refractivity contribution is -0.137. The molecule has 0 radical (unpaired) electrons. The van der Waals surface area contributed by atoms with Gasteiger partial charge in [0.1, 0.15) is 6.54 Å². The van der Waals surface area contributed by atoms with E-state index in [4.69, 9.17) is 23.2 Å². The Morgan fingerprint density at radius 2 is 1.65 bits per heavy atom. The Hall–Kier alpha value is -2.75. The highest BCUT2D eigenvalue weighted by Crippen LogP contribution is 2.31. The summed E-state index contributed by atoms with van der Waals surface area (Å²) >= 11 is 12.0. The predicted molar refractivity (Wildman–Crippen MR) is 125 cm³/mol. The van der Waals surface area contributed by atoms with Crippen molar-refractivity contribution in [3.8, 4) is 0 Å². The lowest BCUT2D eigenvalue weighted by Crippen LogP contribution is -2.40. The number of aryl methyl sites for hydroxylation is 1. The van der Waals surface area contributed by atoms with E-state index in [2.05, 4.69) is 5.32 Å². The Balaban J connectivity index is 1.86. The van der Waals surface area contributed by atoms with E-state index < -0.39 is 34.2 Å². The standard InChI is InChI=1S/C23H19Cl2F3N2O3S/c1-15-5-8-19(9-6-15)34(32,33)30(18-7-10-20(24)21(25)12-18)14-22(31)29-13-16-3-2-4-17(11-16)23(26,27)28/h2-12H,13-14H2,1H3,(H,29,31). The molecule has 0 aliphatic rings. The van der Waals surface area contributed by atoms with Crippen LogP contribution in [0.5, 0.6) is 0 Å². The quantitative estimate of drug-likeness (QED) is 0.417. The number of nitrogens with one attached hydrogen (secondary N) is 1. The van der Waals surface area contributed by atoms with Crippen LogP contribution in [0.25, 0.3) is 0 Å². The summed E-state index contributed by atoms with van der Waals surface area (Å²) in [6.45, 7) is 0.948. The van der Waals surface area contributed by atoms with Crippen LogP contribution in [-0.4, -0.2) is 20.9 Å². The SMILES string of the molecule is Cc1ccc(S(=O)(=O)N(CC(=O)NCc2cccc(C(F)(F)F)c2)c2ccc(Cl)c(Cl)c2)cc1. The average Bonchev–Trinajstić information content (AvgIpc) is 2.78. The number of anilines is 1. The minimum atomic E-state index is -4.52. The van der Waals surface area contributed by atoms with Crippen LogP contribution in [0.3, 0.4) is 0 Å². The van der Waals surface area contributed by atoms with Gasteiger partial charge in [0.2, 0.25) is 5.91 Å². The molecule has 180 valence electrons. The molecular weight excluding hydrogens is 512 g/mol. The van der Waals surface area contributed by atoms with Crippen molar-refractivity contribution in [2.24, 2.45) is 0 Å². The normalized spacial score (nSPS) is 11.8. The van der Waals surface area contributed by atoms with Gasteiger partial charge in [-0.15, -0.1) is 0 Å². The molecule has 0 saturated heterocycles. The number of hydrogen-bond acceptors (Lipinski definition) is 3. The molecule has 0 bridgehead atoms. The van der Waals surface area contributed by atoms with Crippen molar-refractivity contribution in [1.82, 2.24) is 5.32 Å². The Morgan fingerprint density at radius 3 is 2.26 bits per heavy atom. The van der Waals surface area contributed by atoms with Gasteiger partial charge in [-0.05, 0) is 55.0 Å². The first-order valence-corrected chi connectivity index (χ1v) is 12.0. The summed E-state index contributed by atoms with van der Waals surface area (Å²) in [6, 6.07) is 14.7. The molecule has 0 unspecified atom stereocenters. The highest BCUT2D eigenvalue weighted by atomic mass is 35.5. The summed E-state index contributed by atoms with van der Waals surface area (Å²) in [4.78, 5) is 12.6. The molecule has 0 heterocycles. The van der Waals surface area contributed by atoms with Gasteiger partial charge < -0.3 is 5.32 Å². The number of nitrogens with zero attached hydrogens (tertiary/aromatic N) is 1. The maximum atomic E-state index is 13.3. The van der Waals surface area contributed by atoms with E-state index in [0.29, 0.717) is 0 Å². The zero-order valence-corrected chi connectivity index (χ0v) is 20.1. The molecule has 3 aromatic rings. The van der Waals surface area contributed by atoms with Gasteiger partial charge >= 0.3 is 6.18 Å². The lowest BCUT2D eigenvalue weighted by atomic mass is 10.1. The Morgan fingerprint density at radius 1 is 0.971 bits per heavy atom. The van der Waals surface area contributed by atoms with Gasteiger partial charge in [-0.1, -0.05) is 53.0 Å². The number of carbonyl (C=O) groups excluding carboxylic acids is 1. The van der Waals surface area contributed by atoms with Crippen molar-refractivity contribution in [3.05, 3.63) is 93.5 Å². The Bertz CT molecular complexity index is 1300. The van der Waals surface area contributed by atoms with Gasteiger partial charge in [0, 0.05) is 6.54 Å². The first kappa shape index (κ1) is 25.9. The lowest BCUT2D eigenvalue weighted by Gasteiger charge is -2.24. The van der Waals surface area contributed by atoms with E-state index in [-0.39, 0.29) is 32.7 Å². The van der Waals surface area contributed by atoms with Crippen LogP contribution >= 0.6 is 23.2 Å². The van der Waals surface area contributed by atoms with Gasteiger partial charge in [0.15, 0.2) is 0 Å². The molecule has 3 rings (SSSR count). The summed E-state index contributed by atoms with van der Waals surface area (Å²) < 4.78 is 66.3. The molecule has 0 aliphatic heterocycles. The van der Waals surface area contributed by atoms with Crippen LogP contribution in [0.4, 0.5) is 18.9 Å². The predicted octanol–water partition coefficient (Wildman–Crippen LogP) is 5.83. The maximum absolute atomic E-state index is 13.3. The highest BCUT2D eigenvalue weighted by Gasteiger charge is 2.31. The molecule has 11 heteroatoms. The Labute approximate surface area is 205 Å². The van der Waals surface area contributed by atoms with Gasteiger partial charge in [-0.25, -0.2) is 8.42 Å². The minimum Gasteiger partial charge on any atom is -0.350 e. The van der Waals surface area contributed by atoms with Gasteiger partial charge in [-0.2, -0.15) is 13.2 Å².